The molecule has 0 spiro atoms. The molecule has 1 fully saturated rings. The Kier molecular flexibility index (Phi) is 3.94. The molecule has 5 nitrogen and oxygen atoms in total. The highest BCUT2D eigenvalue weighted by atomic mass is 32.1. The lowest BCUT2D eigenvalue weighted by atomic mass is 10.1. The molecule has 0 saturated carbocycles. The van der Waals surface area contributed by atoms with E-state index in [9.17, 15) is 5.11 Å². The molecule has 1 aliphatic heterocycles. The van der Waals surface area contributed by atoms with Crippen molar-refractivity contribution in [1.82, 2.24) is 14.7 Å². The highest BCUT2D eigenvalue weighted by molar-refractivity contribution is 7.15. The molecule has 2 N–H and O–H groups in total. The molecule has 2 aromatic heterocycles. The Morgan fingerprint density at radius 1 is 1.52 bits per heavy atom. The van der Waals surface area contributed by atoms with Gasteiger partial charge < -0.3 is 15.3 Å². The Hall–Kier alpha value is -1.11. The van der Waals surface area contributed by atoms with Crippen molar-refractivity contribution in [1.29, 1.82) is 0 Å². The number of hydrogen-bond donors (Lipinski definition) is 2. The summed E-state index contributed by atoms with van der Waals surface area (Å²) in [6, 6.07) is 0. The minimum atomic E-state index is -0.598. The van der Waals surface area contributed by atoms with E-state index in [1.54, 1.807) is 11.3 Å². The molecule has 1 atom stereocenters. The molecule has 3 rings (SSSR count). The average molecular weight is 308 g/mol. The molecule has 1 aliphatic rings. The van der Waals surface area contributed by atoms with Gasteiger partial charge in [0.25, 0.3) is 0 Å². The van der Waals surface area contributed by atoms with Gasteiger partial charge in [-0.1, -0.05) is 13.8 Å². The van der Waals surface area contributed by atoms with Crippen LogP contribution in [0, 0.1) is 5.92 Å². The second-order valence-electron chi connectivity index (χ2n) is 6.63. The lowest BCUT2D eigenvalue weighted by Crippen LogP contribution is -2.30. The third-order valence-electron chi connectivity index (χ3n) is 3.94. The Morgan fingerprint density at radius 3 is 3.00 bits per heavy atom. The van der Waals surface area contributed by atoms with Crippen molar-refractivity contribution in [2.24, 2.45) is 5.92 Å². The molecule has 0 aliphatic carbocycles. The first-order valence-electron chi connectivity index (χ1n) is 7.59. The number of nitrogens with one attached hydrogen (secondary N) is 1. The minimum Gasteiger partial charge on any atom is -0.388 e. The molecular weight excluding hydrogens is 284 g/mol. The molecule has 0 amide bonds. The molecule has 1 saturated heterocycles. The summed E-state index contributed by atoms with van der Waals surface area (Å²) >= 11 is 1.66. The zero-order valence-corrected chi connectivity index (χ0v) is 13.8. The zero-order valence-electron chi connectivity index (χ0n) is 13.0. The molecule has 116 valence electrons. The van der Waals surface area contributed by atoms with Gasteiger partial charge in [-0.25, -0.2) is 4.98 Å². The normalized spacial score (nSPS) is 22.8. The van der Waals surface area contributed by atoms with Gasteiger partial charge in [0, 0.05) is 31.2 Å². The zero-order chi connectivity index (χ0) is 15.0. The standard InChI is InChI=1S/C15H24N4OS/c1-11(2)8-16-9-12-13(17-14-19(12)6-7-21-14)18-5-4-15(3,20)10-18/h6-7,11,16,20H,4-5,8-10H2,1-3H3. The van der Waals surface area contributed by atoms with Crippen LogP contribution >= 0.6 is 11.3 Å². The number of β-amino-alcohol motifs (C(OH)–C–C–N with tert-alkyl or cyclic N) is 1. The second-order valence-corrected chi connectivity index (χ2v) is 7.50. The summed E-state index contributed by atoms with van der Waals surface area (Å²) < 4.78 is 2.17. The van der Waals surface area contributed by atoms with E-state index in [0.717, 1.165) is 36.8 Å². The quantitative estimate of drug-likeness (QED) is 0.888. The maximum atomic E-state index is 10.2. The number of aliphatic hydroxyl groups is 1. The van der Waals surface area contributed by atoms with Crippen LogP contribution in [-0.4, -0.2) is 39.7 Å². The van der Waals surface area contributed by atoms with Crippen LogP contribution in [0.5, 0.6) is 0 Å². The van der Waals surface area contributed by atoms with E-state index in [0.29, 0.717) is 12.5 Å². The van der Waals surface area contributed by atoms with Gasteiger partial charge in [0.15, 0.2) is 10.8 Å². The van der Waals surface area contributed by atoms with Crippen LogP contribution in [0.15, 0.2) is 11.6 Å². The van der Waals surface area contributed by atoms with Gasteiger partial charge in [-0.3, -0.25) is 4.40 Å². The van der Waals surface area contributed by atoms with Gasteiger partial charge in [0.05, 0.1) is 11.3 Å². The SMILES string of the molecule is CC(C)CNCc1c(N2CCC(C)(O)C2)nc2sccn12. The summed E-state index contributed by atoms with van der Waals surface area (Å²) in [5.41, 5.74) is 0.601. The van der Waals surface area contributed by atoms with Gasteiger partial charge >= 0.3 is 0 Å². The number of anilines is 1. The van der Waals surface area contributed by atoms with Crippen LogP contribution in [0.1, 0.15) is 32.9 Å². The molecule has 6 heteroatoms. The van der Waals surface area contributed by atoms with Crippen LogP contribution in [-0.2, 0) is 6.54 Å². The number of rotatable bonds is 5. The fourth-order valence-electron chi connectivity index (χ4n) is 2.84. The van der Waals surface area contributed by atoms with Crippen LogP contribution in [0.4, 0.5) is 5.82 Å². The molecule has 0 aromatic carbocycles. The van der Waals surface area contributed by atoms with E-state index in [1.807, 2.05) is 6.92 Å². The molecule has 0 radical (unpaired) electrons. The maximum Gasteiger partial charge on any atom is 0.195 e. The predicted molar refractivity (Wildman–Crippen MR) is 87.1 cm³/mol. The molecular formula is C15H24N4OS. The Labute approximate surface area is 129 Å². The van der Waals surface area contributed by atoms with E-state index < -0.39 is 5.60 Å². The summed E-state index contributed by atoms with van der Waals surface area (Å²) in [5.74, 6) is 1.66. The lowest BCUT2D eigenvalue weighted by molar-refractivity contribution is 0.0839. The molecule has 1 unspecified atom stereocenters. The molecule has 21 heavy (non-hydrogen) atoms. The van der Waals surface area contributed by atoms with Crippen LogP contribution in [0.25, 0.3) is 4.96 Å². The van der Waals surface area contributed by atoms with E-state index in [4.69, 9.17) is 4.98 Å². The van der Waals surface area contributed by atoms with Gasteiger partial charge in [0.1, 0.15) is 0 Å². The van der Waals surface area contributed by atoms with Crippen LogP contribution in [0.2, 0.25) is 0 Å². The topological polar surface area (TPSA) is 52.8 Å². The smallest absolute Gasteiger partial charge is 0.195 e. The van der Waals surface area contributed by atoms with Crippen LogP contribution in [0.3, 0.4) is 0 Å². The van der Waals surface area contributed by atoms with Crippen molar-refractivity contribution in [3.63, 3.8) is 0 Å². The van der Waals surface area contributed by atoms with Crippen molar-refractivity contribution >= 4 is 22.1 Å². The monoisotopic (exact) mass is 308 g/mol. The predicted octanol–water partition coefficient (Wildman–Crippen LogP) is 2.10. The van der Waals surface area contributed by atoms with Crippen molar-refractivity contribution < 1.29 is 5.11 Å². The fraction of sp³-hybridized carbons (Fsp3) is 0.667. The van der Waals surface area contributed by atoms with E-state index >= 15 is 0 Å². The number of fused-ring (bicyclic) bond motifs is 1. The van der Waals surface area contributed by atoms with Crippen molar-refractivity contribution in [2.75, 3.05) is 24.5 Å². The number of hydrogen-bond acceptors (Lipinski definition) is 5. The van der Waals surface area contributed by atoms with Gasteiger partial charge in [-0.15, -0.1) is 11.3 Å². The summed E-state index contributed by atoms with van der Waals surface area (Å²) in [6.07, 6.45) is 2.88. The maximum absolute atomic E-state index is 10.2. The van der Waals surface area contributed by atoms with Gasteiger partial charge in [-0.05, 0) is 25.8 Å². The highest BCUT2D eigenvalue weighted by Gasteiger charge is 2.34. The van der Waals surface area contributed by atoms with E-state index in [-0.39, 0.29) is 0 Å². The minimum absolute atomic E-state index is 0.598. The highest BCUT2D eigenvalue weighted by Crippen LogP contribution is 2.30. The van der Waals surface area contributed by atoms with Gasteiger partial charge in [0.2, 0.25) is 0 Å². The Morgan fingerprint density at radius 2 is 2.33 bits per heavy atom. The van der Waals surface area contributed by atoms with Gasteiger partial charge in [-0.2, -0.15) is 0 Å². The van der Waals surface area contributed by atoms with Crippen molar-refractivity contribution in [3.8, 4) is 0 Å². The lowest BCUT2D eigenvalue weighted by Gasteiger charge is -2.20. The Bertz CT molecular complexity index is 616. The number of aromatic nitrogens is 2. The number of thiazole rings is 1. The first-order valence-corrected chi connectivity index (χ1v) is 8.47. The molecule has 2 aromatic rings. The van der Waals surface area contributed by atoms with Crippen molar-refractivity contribution in [2.45, 2.75) is 39.3 Å². The number of imidazole rings is 1. The first-order chi connectivity index (χ1) is 9.96. The molecule has 0 bridgehead atoms. The Balaban J connectivity index is 1.85. The molecule has 3 heterocycles. The van der Waals surface area contributed by atoms with E-state index in [2.05, 4.69) is 40.0 Å². The van der Waals surface area contributed by atoms with Crippen molar-refractivity contribution in [3.05, 3.63) is 17.3 Å². The second kappa shape index (κ2) is 5.59. The number of nitrogens with zero attached hydrogens (tertiary/aromatic N) is 3. The third-order valence-corrected chi connectivity index (χ3v) is 4.69. The summed E-state index contributed by atoms with van der Waals surface area (Å²) in [6.45, 7) is 9.66. The fourth-order valence-corrected chi connectivity index (χ4v) is 3.57. The summed E-state index contributed by atoms with van der Waals surface area (Å²) in [5, 5.41) is 15.8. The summed E-state index contributed by atoms with van der Waals surface area (Å²) in [7, 11) is 0. The third kappa shape index (κ3) is 3.07. The first kappa shape index (κ1) is 14.8. The van der Waals surface area contributed by atoms with E-state index in [1.165, 1.54) is 5.69 Å². The largest absolute Gasteiger partial charge is 0.388 e. The summed E-state index contributed by atoms with van der Waals surface area (Å²) in [4.78, 5) is 8.01. The van der Waals surface area contributed by atoms with Crippen LogP contribution < -0.4 is 10.2 Å². The average Bonchev–Trinajstić information content (AvgIpc) is 3.04.